The van der Waals surface area contributed by atoms with Crippen molar-refractivity contribution in [3.63, 3.8) is 0 Å². The fraction of sp³-hybridized carbons (Fsp3) is 0.333. The summed E-state index contributed by atoms with van der Waals surface area (Å²) in [5.74, 6) is 1.10. The number of phenolic OH excluding ortho intramolecular Hbond substituents is 1. The zero-order chi connectivity index (χ0) is 8.84. The molecule has 1 atom stereocenters. The van der Waals surface area contributed by atoms with Crippen molar-refractivity contribution in [1.29, 1.82) is 0 Å². The van der Waals surface area contributed by atoms with Gasteiger partial charge in [-0.05, 0) is 36.5 Å². The summed E-state index contributed by atoms with van der Waals surface area (Å²) in [7, 11) is 0. The van der Waals surface area contributed by atoms with Crippen molar-refractivity contribution in [3.8, 4) is 5.75 Å². The monoisotopic (exact) mass is 172 g/mol. The highest BCUT2D eigenvalue weighted by atomic mass is 16.3. The van der Waals surface area contributed by atoms with Crippen molar-refractivity contribution < 1.29 is 5.11 Å². The van der Waals surface area contributed by atoms with Gasteiger partial charge in [0.1, 0.15) is 5.75 Å². The Morgan fingerprint density at radius 3 is 3.15 bits per heavy atom. The summed E-state index contributed by atoms with van der Waals surface area (Å²) >= 11 is 0. The van der Waals surface area contributed by atoms with Crippen LogP contribution in [0.2, 0.25) is 0 Å². The lowest BCUT2D eigenvalue weighted by Crippen LogP contribution is -2.18. The summed E-state index contributed by atoms with van der Waals surface area (Å²) in [6.07, 6.45) is 6.03. The third-order valence-electron chi connectivity index (χ3n) is 3.18. The van der Waals surface area contributed by atoms with Crippen LogP contribution in [-0.2, 0) is 0 Å². The van der Waals surface area contributed by atoms with Crippen molar-refractivity contribution in [2.75, 3.05) is 0 Å². The summed E-state index contributed by atoms with van der Waals surface area (Å²) in [6, 6.07) is 5.87. The number of fused-ring (bicyclic) bond motifs is 4. The molecule has 1 N–H and O–H groups in total. The van der Waals surface area contributed by atoms with Gasteiger partial charge in [0, 0.05) is 11.5 Å². The van der Waals surface area contributed by atoms with Gasteiger partial charge in [-0.2, -0.15) is 0 Å². The van der Waals surface area contributed by atoms with Crippen LogP contribution < -0.4 is 0 Å². The Morgan fingerprint density at radius 2 is 2.23 bits per heavy atom. The Hall–Kier alpha value is -1.24. The fourth-order valence-corrected chi connectivity index (χ4v) is 2.56. The minimum Gasteiger partial charge on any atom is -0.507 e. The number of benzene rings is 1. The molecule has 0 amide bonds. The molecular weight excluding hydrogens is 160 g/mol. The molecule has 2 aliphatic rings. The van der Waals surface area contributed by atoms with E-state index in [0.29, 0.717) is 11.7 Å². The Kier molecular flexibility index (Phi) is 1.32. The first-order valence-corrected chi connectivity index (χ1v) is 4.90. The minimum absolute atomic E-state index is 0.460. The molecule has 0 saturated carbocycles. The molecule has 1 aromatic rings. The lowest BCUT2D eigenvalue weighted by atomic mass is 9.67. The molecule has 3 rings (SSSR count). The molecule has 2 aliphatic carbocycles. The predicted octanol–water partition coefficient (Wildman–Crippen LogP) is 3.06. The molecule has 1 nitrogen and oxygen atoms in total. The van der Waals surface area contributed by atoms with Gasteiger partial charge in [0.2, 0.25) is 0 Å². The van der Waals surface area contributed by atoms with Crippen LogP contribution in [0.1, 0.15) is 36.3 Å². The summed E-state index contributed by atoms with van der Waals surface area (Å²) in [4.78, 5) is 0. The van der Waals surface area contributed by atoms with E-state index in [2.05, 4.69) is 12.1 Å². The maximum Gasteiger partial charge on any atom is 0.123 e. The number of hydrogen-bond donors (Lipinski definition) is 1. The molecule has 0 heterocycles. The van der Waals surface area contributed by atoms with Crippen molar-refractivity contribution in [2.45, 2.75) is 25.2 Å². The molecular formula is C12H12O. The Morgan fingerprint density at radius 1 is 1.31 bits per heavy atom. The third kappa shape index (κ3) is 0.819. The van der Waals surface area contributed by atoms with Crippen molar-refractivity contribution in [3.05, 3.63) is 35.4 Å². The number of phenols is 1. The summed E-state index contributed by atoms with van der Waals surface area (Å²) in [5.41, 5.74) is 3.86. The molecule has 0 bridgehead atoms. The maximum atomic E-state index is 9.65. The fourth-order valence-electron chi connectivity index (χ4n) is 2.56. The van der Waals surface area contributed by atoms with Crippen LogP contribution in [0, 0.1) is 0 Å². The molecule has 13 heavy (non-hydrogen) atoms. The SMILES string of the molecule is Oc1cccc2c1C1=CCCCC12. The van der Waals surface area contributed by atoms with Gasteiger partial charge in [-0.1, -0.05) is 18.2 Å². The lowest BCUT2D eigenvalue weighted by Gasteiger charge is -2.36. The van der Waals surface area contributed by atoms with E-state index in [1.807, 2.05) is 6.07 Å². The minimum atomic E-state index is 0.460. The first kappa shape index (κ1) is 7.19. The largest absolute Gasteiger partial charge is 0.507 e. The van der Waals surface area contributed by atoms with E-state index in [1.54, 1.807) is 6.07 Å². The van der Waals surface area contributed by atoms with Crippen LogP contribution in [0.15, 0.2) is 24.3 Å². The normalized spacial score (nSPS) is 24.0. The summed E-state index contributed by atoms with van der Waals surface area (Å²) < 4.78 is 0. The van der Waals surface area contributed by atoms with E-state index in [0.717, 1.165) is 5.56 Å². The third-order valence-corrected chi connectivity index (χ3v) is 3.18. The van der Waals surface area contributed by atoms with Gasteiger partial charge < -0.3 is 5.11 Å². The van der Waals surface area contributed by atoms with E-state index in [1.165, 1.54) is 30.4 Å². The van der Waals surface area contributed by atoms with Crippen LogP contribution >= 0.6 is 0 Å². The van der Waals surface area contributed by atoms with Gasteiger partial charge in [0.15, 0.2) is 0 Å². The zero-order valence-electron chi connectivity index (χ0n) is 7.46. The molecule has 0 aromatic heterocycles. The second-order valence-corrected chi connectivity index (χ2v) is 3.88. The molecule has 0 saturated heterocycles. The average molecular weight is 172 g/mol. The predicted molar refractivity (Wildman–Crippen MR) is 52.7 cm³/mol. The molecule has 0 radical (unpaired) electrons. The number of aromatic hydroxyl groups is 1. The standard InChI is InChI=1S/C12H12O/c13-11-7-3-6-10-8-4-1-2-5-9(8)12(10)11/h3,5-8,13H,1-2,4H2. The second kappa shape index (κ2) is 2.38. The lowest BCUT2D eigenvalue weighted by molar-refractivity contribution is 0.466. The molecule has 0 fully saturated rings. The average Bonchev–Trinajstić information content (AvgIpc) is 2.14. The first-order valence-electron chi connectivity index (χ1n) is 4.90. The van der Waals surface area contributed by atoms with Gasteiger partial charge >= 0.3 is 0 Å². The smallest absolute Gasteiger partial charge is 0.123 e. The number of rotatable bonds is 0. The van der Waals surface area contributed by atoms with E-state index < -0.39 is 0 Å². The van der Waals surface area contributed by atoms with Crippen molar-refractivity contribution in [2.24, 2.45) is 0 Å². The molecule has 0 spiro atoms. The van der Waals surface area contributed by atoms with Crippen LogP contribution in [0.3, 0.4) is 0 Å². The first-order chi connectivity index (χ1) is 6.38. The Bertz CT molecular complexity index is 390. The van der Waals surface area contributed by atoms with Crippen molar-refractivity contribution >= 4 is 5.57 Å². The molecule has 1 heteroatoms. The van der Waals surface area contributed by atoms with E-state index in [-0.39, 0.29) is 0 Å². The Labute approximate surface area is 77.7 Å². The molecule has 1 aromatic carbocycles. The van der Waals surface area contributed by atoms with Crippen LogP contribution in [0.5, 0.6) is 5.75 Å². The summed E-state index contributed by atoms with van der Waals surface area (Å²) in [6.45, 7) is 0. The highest BCUT2D eigenvalue weighted by Crippen LogP contribution is 2.54. The highest BCUT2D eigenvalue weighted by Gasteiger charge is 2.34. The summed E-state index contributed by atoms with van der Waals surface area (Å²) in [5, 5.41) is 9.65. The molecule has 66 valence electrons. The maximum absolute atomic E-state index is 9.65. The van der Waals surface area contributed by atoms with E-state index in [4.69, 9.17) is 0 Å². The van der Waals surface area contributed by atoms with Gasteiger partial charge in [0.05, 0.1) is 0 Å². The molecule has 1 unspecified atom stereocenters. The second-order valence-electron chi connectivity index (χ2n) is 3.88. The van der Waals surface area contributed by atoms with Gasteiger partial charge in [-0.25, -0.2) is 0 Å². The van der Waals surface area contributed by atoms with E-state index >= 15 is 0 Å². The number of hydrogen-bond acceptors (Lipinski definition) is 1. The van der Waals surface area contributed by atoms with Crippen LogP contribution in [-0.4, -0.2) is 5.11 Å². The Balaban J connectivity index is 2.20. The van der Waals surface area contributed by atoms with Gasteiger partial charge in [0.25, 0.3) is 0 Å². The zero-order valence-corrected chi connectivity index (χ0v) is 7.46. The van der Waals surface area contributed by atoms with Crippen molar-refractivity contribution in [1.82, 2.24) is 0 Å². The van der Waals surface area contributed by atoms with Crippen LogP contribution in [0.25, 0.3) is 5.57 Å². The quantitative estimate of drug-likeness (QED) is 0.637. The van der Waals surface area contributed by atoms with Gasteiger partial charge in [-0.3, -0.25) is 0 Å². The highest BCUT2D eigenvalue weighted by molar-refractivity contribution is 5.87. The topological polar surface area (TPSA) is 20.2 Å². The molecule has 0 aliphatic heterocycles. The van der Waals surface area contributed by atoms with E-state index in [9.17, 15) is 5.11 Å². The van der Waals surface area contributed by atoms with Crippen LogP contribution in [0.4, 0.5) is 0 Å². The number of allylic oxidation sites excluding steroid dienone is 2. The van der Waals surface area contributed by atoms with Gasteiger partial charge in [-0.15, -0.1) is 0 Å².